The van der Waals surface area contributed by atoms with Crippen molar-refractivity contribution >= 4 is 10.2 Å². The number of aryl methyl sites for hydroxylation is 1. The second-order valence-corrected chi connectivity index (χ2v) is 6.04. The van der Waals surface area contributed by atoms with Crippen molar-refractivity contribution < 1.29 is 5.11 Å². The Morgan fingerprint density at radius 1 is 1.12 bits per heavy atom. The first-order valence-electron chi connectivity index (χ1n) is 6.56. The maximum absolute atomic E-state index is 10.4. The van der Waals surface area contributed by atoms with Gasteiger partial charge < -0.3 is 5.11 Å². The maximum atomic E-state index is 10.4. The molecule has 0 radical (unpaired) electrons. The zero-order valence-electron chi connectivity index (χ0n) is 10.2. The lowest BCUT2D eigenvalue weighted by Crippen LogP contribution is -2.20. The molecular formula is C14H22OSi. The van der Waals surface area contributed by atoms with Gasteiger partial charge in [-0.25, -0.2) is 0 Å². The average Bonchev–Trinajstić information content (AvgIpc) is 2.75. The van der Waals surface area contributed by atoms with E-state index in [0.717, 1.165) is 18.4 Å². The van der Waals surface area contributed by atoms with Crippen LogP contribution in [0, 0.1) is 0 Å². The fraction of sp³-hybridized carbons (Fsp3) is 0.571. The van der Waals surface area contributed by atoms with Crippen molar-refractivity contribution in [2.24, 2.45) is 0 Å². The molecule has 0 unspecified atom stereocenters. The van der Waals surface area contributed by atoms with E-state index in [1.54, 1.807) is 0 Å². The van der Waals surface area contributed by atoms with Crippen LogP contribution >= 0.6 is 0 Å². The highest BCUT2D eigenvalue weighted by atomic mass is 28.1. The molecule has 0 aromatic heterocycles. The van der Waals surface area contributed by atoms with Gasteiger partial charge in [-0.15, -0.1) is 0 Å². The van der Waals surface area contributed by atoms with E-state index < -0.39 is 5.60 Å². The Hall–Kier alpha value is -0.603. The van der Waals surface area contributed by atoms with E-state index in [2.05, 4.69) is 24.3 Å². The fourth-order valence-electron chi connectivity index (χ4n) is 2.61. The summed E-state index contributed by atoms with van der Waals surface area (Å²) < 4.78 is 0. The minimum atomic E-state index is -0.518. The molecule has 0 spiro atoms. The third-order valence-electron chi connectivity index (χ3n) is 3.74. The molecule has 2 rings (SSSR count). The monoisotopic (exact) mass is 234 g/mol. The molecule has 0 atom stereocenters. The van der Waals surface area contributed by atoms with Crippen molar-refractivity contribution in [3.05, 3.63) is 35.4 Å². The highest BCUT2D eigenvalue weighted by molar-refractivity contribution is 6.08. The Morgan fingerprint density at radius 2 is 1.75 bits per heavy atom. The summed E-state index contributed by atoms with van der Waals surface area (Å²) in [7, 11) is 1.31. The van der Waals surface area contributed by atoms with Gasteiger partial charge in [0.15, 0.2) is 0 Å². The predicted molar refractivity (Wildman–Crippen MR) is 71.9 cm³/mol. The number of hydrogen-bond donors (Lipinski definition) is 1. The van der Waals surface area contributed by atoms with E-state index in [1.807, 2.05) is 0 Å². The first-order chi connectivity index (χ1) is 7.74. The van der Waals surface area contributed by atoms with Crippen molar-refractivity contribution in [2.45, 2.75) is 50.2 Å². The summed E-state index contributed by atoms with van der Waals surface area (Å²) >= 11 is 0. The second-order valence-electron chi connectivity index (χ2n) is 5.04. The number of hydrogen-bond acceptors (Lipinski definition) is 1. The standard InChI is InChI=1S/C14H22OSi/c15-14(9-1-2-10-14)13-7-5-12(6-8-13)4-3-11-16/h5-8,15H,1-4,9-11H2,16H3. The lowest BCUT2D eigenvalue weighted by atomic mass is 9.91. The van der Waals surface area contributed by atoms with E-state index in [0.29, 0.717) is 0 Å². The van der Waals surface area contributed by atoms with Gasteiger partial charge in [0.05, 0.1) is 5.60 Å². The summed E-state index contributed by atoms with van der Waals surface area (Å²) in [6.07, 6.45) is 6.72. The Kier molecular flexibility index (Phi) is 3.82. The molecule has 16 heavy (non-hydrogen) atoms. The average molecular weight is 234 g/mol. The summed E-state index contributed by atoms with van der Waals surface area (Å²) in [5.74, 6) is 0. The summed E-state index contributed by atoms with van der Waals surface area (Å²) in [5, 5.41) is 10.4. The predicted octanol–water partition coefficient (Wildman–Crippen LogP) is 2.16. The van der Waals surface area contributed by atoms with Gasteiger partial charge in [-0.1, -0.05) is 49.6 Å². The molecule has 1 aliphatic carbocycles. The van der Waals surface area contributed by atoms with Crippen LogP contribution in [0.15, 0.2) is 24.3 Å². The second kappa shape index (κ2) is 5.15. The molecule has 2 heteroatoms. The highest BCUT2D eigenvalue weighted by Gasteiger charge is 2.32. The van der Waals surface area contributed by atoms with Gasteiger partial charge in [-0.05, 0) is 30.4 Å². The van der Waals surface area contributed by atoms with E-state index in [4.69, 9.17) is 0 Å². The molecule has 1 nitrogen and oxygen atoms in total. The van der Waals surface area contributed by atoms with Crippen molar-refractivity contribution in [2.75, 3.05) is 0 Å². The summed E-state index contributed by atoms with van der Waals surface area (Å²) in [6.45, 7) is 0. The van der Waals surface area contributed by atoms with Gasteiger partial charge in [0, 0.05) is 10.2 Å². The molecule has 1 fully saturated rings. The molecule has 1 aromatic carbocycles. The van der Waals surface area contributed by atoms with E-state index in [-0.39, 0.29) is 0 Å². The normalized spacial score (nSPS) is 19.1. The molecule has 1 saturated carbocycles. The molecule has 0 heterocycles. The van der Waals surface area contributed by atoms with Crippen molar-refractivity contribution in [1.82, 2.24) is 0 Å². The van der Waals surface area contributed by atoms with Crippen LogP contribution in [0.3, 0.4) is 0 Å². The molecule has 1 aromatic rings. The number of benzene rings is 1. The molecule has 0 bridgehead atoms. The lowest BCUT2D eigenvalue weighted by molar-refractivity contribution is 0.0444. The van der Waals surface area contributed by atoms with Crippen molar-refractivity contribution in [1.29, 1.82) is 0 Å². The van der Waals surface area contributed by atoms with Crippen LogP contribution in [0.25, 0.3) is 0 Å². The van der Waals surface area contributed by atoms with Crippen LogP contribution in [-0.4, -0.2) is 15.3 Å². The Balaban J connectivity index is 2.06. The van der Waals surface area contributed by atoms with Crippen LogP contribution < -0.4 is 0 Å². The summed E-state index contributed by atoms with van der Waals surface area (Å²) in [5.41, 5.74) is 2.02. The zero-order chi connectivity index (χ0) is 11.4. The Bertz CT molecular complexity index is 325. The van der Waals surface area contributed by atoms with Gasteiger partial charge in [-0.2, -0.15) is 0 Å². The largest absolute Gasteiger partial charge is 0.385 e. The minimum absolute atomic E-state index is 0.518. The molecular weight excluding hydrogens is 212 g/mol. The number of aliphatic hydroxyl groups is 1. The number of rotatable bonds is 4. The van der Waals surface area contributed by atoms with Gasteiger partial charge in [-0.3, -0.25) is 0 Å². The van der Waals surface area contributed by atoms with E-state index in [1.165, 1.54) is 47.5 Å². The highest BCUT2D eigenvalue weighted by Crippen LogP contribution is 2.38. The fourth-order valence-corrected chi connectivity index (χ4v) is 2.96. The van der Waals surface area contributed by atoms with Crippen LogP contribution in [-0.2, 0) is 12.0 Å². The van der Waals surface area contributed by atoms with Gasteiger partial charge in [0.2, 0.25) is 0 Å². The quantitative estimate of drug-likeness (QED) is 0.792. The van der Waals surface area contributed by atoms with Gasteiger partial charge in [0.25, 0.3) is 0 Å². The zero-order valence-corrected chi connectivity index (χ0v) is 12.2. The van der Waals surface area contributed by atoms with Gasteiger partial charge in [0.1, 0.15) is 0 Å². The van der Waals surface area contributed by atoms with Crippen LogP contribution in [0.4, 0.5) is 0 Å². The first-order valence-corrected chi connectivity index (χ1v) is 7.98. The first kappa shape index (κ1) is 11.9. The maximum Gasteiger partial charge on any atom is 0.0896 e. The lowest BCUT2D eigenvalue weighted by Gasteiger charge is -2.22. The van der Waals surface area contributed by atoms with Crippen LogP contribution in [0.5, 0.6) is 0 Å². The molecule has 0 aliphatic heterocycles. The third-order valence-corrected chi connectivity index (χ3v) is 4.45. The van der Waals surface area contributed by atoms with E-state index >= 15 is 0 Å². The molecule has 1 N–H and O–H groups in total. The Labute approximate surface area is 101 Å². The van der Waals surface area contributed by atoms with E-state index in [9.17, 15) is 5.11 Å². The minimum Gasteiger partial charge on any atom is -0.385 e. The van der Waals surface area contributed by atoms with Crippen molar-refractivity contribution in [3.8, 4) is 0 Å². The third kappa shape index (κ3) is 2.55. The molecule has 88 valence electrons. The summed E-state index contributed by atoms with van der Waals surface area (Å²) in [4.78, 5) is 0. The molecule has 0 saturated heterocycles. The molecule has 1 aliphatic rings. The molecule has 0 amide bonds. The summed E-state index contributed by atoms with van der Waals surface area (Å²) in [6, 6.07) is 10.0. The van der Waals surface area contributed by atoms with Gasteiger partial charge >= 0.3 is 0 Å². The Morgan fingerprint density at radius 3 is 2.31 bits per heavy atom. The SMILES string of the molecule is OC1(c2ccc(CCC[SiH3])cc2)CCCC1. The van der Waals surface area contributed by atoms with Crippen LogP contribution in [0.2, 0.25) is 6.04 Å². The van der Waals surface area contributed by atoms with Crippen LogP contribution in [0.1, 0.15) is 43.2 Å². The topological polar surface area (TPSA) is 20.2 Å². The van der Waals surface area contributed by atoms with Crippen molar-refractivity contribution in [3.63, 3.8) is 0 Å². The smallest absolute Gasteiger partial charge is 0.0896 e.